The van der Waals surface area contributed by atoms with Crippen molar-refractivity contribution in [3.63, 3.8) is 0 Å². The SMILES string of the molecule is CC(=O)SCC=Cc1cccc(N=C=S)c1. The molecule has 0 aliphatic carbocycles. The maximum atomic E-state index is 10.7. The molecule has 0 aliphatic heterocycles. The number of hydrogen-bond acceptors (Lipinski definition) is 4. The van der Waals surface area contributed by atoms with Crippen molar-refractivity contribution in [1.29, 1.82) is 0 Å². The van der Waals surface area contributed by atoms with Gasteiger partial charge in [0.25, 0.3) is 0 Å². The predicted octanol–water partition coefficient (Wildman–Crippen LogP) is 3.71. The van der Waals surface area contributed by atoms with Crippen LogP contribution in [0.4, 0.5) is 5.69 Å². The molecule has 0 N–H and O–H groups in total. The molecular formula is C12H11NOS2. The lowest BCUT2D eigenvalue weighted by atomic mass is 10.2. The Morgan fingerprint density at radius 3 is 3.12 bits per heavy atom. The zero-order valence-corrected chi connectivity index (χ0v) is 10.5. The van der Waals surface area contributed by atoms with Crippen molar-refractivity contribution in [2.24, 2.45) is 4.99 Å². The lowest BCUT2D eigenvalue weighted by Crippen LogP contribution is -1.81. The van der Waals surface area contributed by atoms with Gasteiger partial charge in [-0.1, -0.05) is 36.0 Å². The van der Waals surface area contributed by atoms with Crippen molar-refractivity contribution in [3.05, 3.63) is 35.9 Å². The van der Waals surface area contributed by atoms with Crippen LogP contribution in [0.1, 0.15) is 12.5 Å². The van der Waals surface area contributed by atoms with Crippen LogP contribution in [0.15, 0.2) is 35.3 Å². The average Bonchev–Trinajstić information content (AvgIpc) is 2.25. The van der Waals surface area contributed by atoms with Gasteiger partial charge in [-0.25, -0.2) is 0 Å². The van der Waals surface area contributed by atoms with Gasteiger partial charge in [-0.15, -0.1) is 0 Å². The molecule has 0 atom stereocenters. The van der Waals surface area contributed by atoms with Gasteiger partial charge in [-0.2, -0.15) is 4.99 Å². The van der Waals surface area contributed by atoms with Gasteiger partial charge >= 0.3 is 0 Å². The molecule has 1 aromatic rings. The molecule has 4 heteroatoms. The Hall–Kier alpha value is -1.22. The van der Waals surface area contributed by atoms with Crippen molar-refractivity contribution in [2.75, 3.05) is 5.75 Å². The summed E-state index contributed by atoms with van der Waals surface area (Å²) in [6, 6.07) is 7.65. The summed E-state index contributed by atoms with van der Waals surface area (Å²) in [6.45, 7) is 1.56. The minimum atomic E-state index is 0.128. The van der Waals surface area contributed by atoms with E-state index in [0.29, 0.717) is 5.75 Å². The number of nitrogens with zero attached hydrogens (tertiary/aromatic N) is 1. The highest BCUT2D eigenvalue weighted by Gasteiger charge is 1.91. The molecule has 0 spiro atoms. The number of carbonyl (C=O) groups excluding carboxylic acids is 1. The lowest BCUT2D eigenvalue weighted by Gasteiger charge is -1.95. The molecule has 0 radical (unpaired) electrons. The lowest BCUT2D eigenvalue weighted by molar-refractivity contribution is -0.109. The molecule has 82 valence electrons. The van der Waals surface area contributed by atoms with Gasteiger partial charge in [0.1, 0.15) is 0 Å². The van der Waals surface area contributed by atoms with Gasteiger partial charge in [-0.3, -0.25) is 4.79 Å². The maximum absolute atomic E-state index is 10.7. The van der Waals surface area contributed by atoms with Gasteiger partial charge in [0, 0.05) is 12.7 Å². The number of carbonyl (C=O) groups is 1. The first-order valence-electron chi connectivity index (χ1n) is 4.70. The normalized spacial score (nSPS) is 10.1. The van der Waals surface area contributed by atoms with E-state index in [-0.39, 0.29) is 5.12 Å². The fourth-order valence-corrected chi connectivity index (χ4v) is 1.63. The van der Waals surface area contributed by atoms with Crippen LogP contribution in [-0.4, -0.2) is 16.0 Å². The first kappa shape index (κ1) is 12.8. The molecule has 0 unspecified atom stereocenters. The van der Waals surface area contributed by atoms with Crippen LogP contribution in [-0.2, 0) is 4.79 Å². The molecule has 0 fully saturated rings. The molecule has 2 nitrogen and oxygen atoms in total. The van der Waals surface area contributed by atoms with E-state index in [4.69, 9.17) is 0 Å². The molecule has 0 heterocycles. The van der Waals surface area contributed by atoms with Crippen molar-refractivity contribution in [3.8, 4) is 0 Å². The van der Waals surface area contributed by atoms with E-state index < -0.39 is 0 Å². The highest BCUT2D eigenvalue weighted by atomic mass is 32.2. The number of aliphatic imine (C=N–C) groups is 1. The van der Waals surface area contributed by atoms with E-state index in [1.165, 1.54) is 11.8 Å². The van der Waals surface area contributed by atoms with Crippen LogP contribution in [0.3, 0.4) is 0 Å². The van der Waals surface area contributed by atoms with Crippen LogP contribution >= 0.6 is 24.0 Å². The Morgan fingerprint density at radius 2 is 2.44 bits per heavy atom. The Morgan fingerprint density at radius 1 is 1.62 bits per heavy atom. The summed E-state index contributed by atoms with van der Waals surface area (Å²) in [6.07, 6.45) is 3.91. The topological polar surface area (TPSA) is 29.4 Å². The Labute approximate surface area is 104 Å². The van der Waals surface area contributed by atoms with E-state index >= 15 is 0 Å². The molecule has 0 bridgehead atoms. The number of benzene rings is 1. The summed E-state index contributed by atoms with van der Waals surface area (Å²) in [5.41, 5.74) is 1.83. The second-order valence-electron chi connectivity index (χ2n) is 3.00. The molecule has 1 rings (SSSR count). The summed E-state index contributed by atoms with van der Waals surface area (Å²) >= 11 is 5.82. The number of rotatable bonds is 4. The van der Waals surface area contributed by atoms with Crippen LogP contribution < -0.4 is 0 Å². The zero-order chi connectivity index (χ0) is 11.8. The molecule has 0 saturated carbocycles. The van der Waals surface area contributed by atoms with E-state index in [9.17, 15) is 4.79 Å². The van der Waals surface area contributed by atoms with Crippen LogP contribution in [0.25, 0.3) is 6.08 Å². The molecule has 0 amide bonds. The predicted molar refractivity (Wildman–Crippen MR) is 73.3 cm³/mol. The summed E-state index contributed by atoms with van der Waals surface area (Å²) in [5.74, 6) is 0.690. The second kappa shape index (κ2) is 7.12. The average molecular weight is 249 g/mol. The monoisotopic (exact) mass is 249 g/mol. The number of thiocarbonyl (C=S) groups is 1. The third-order valence-electron chi connectivity index (χ3n) is 1.74. The van der Waals surface area contributed by atoms with Gasteiger partial charge in [0.05, 0.1) is 10.8 Å². The quantitative estimate of drug-likeness (QED) is 0.601. The van der Waals surface area contributed by atoms with Crippen LogP contribution in [0, 0.1) is 0 Å². The largest absolute Gasteiger partial charge is 0.288 e. The molecule has 0 aliphatic rings. The first-order valence-corrected chi connectivity index (χ1v) is 6.09. The fourth-order valence-electron chi connectivity index (χ4n) is 1.10. The summed E-state index contributed by atoms with van der Waals surface area (Å²) in [5, 5.41) is 2.46. The second-order valence-corrected chi connectivity index (χ2v) is 4.38. The van der Waals surface area contributed by atoms with Gasteiger partial charge < -0.3 is 0 Å². The number of isothiocyanates is 1. The molecular weight excluding hydrogens is 238 g/mol. The smallest absolute Gasteiger partial charge is 0.186 e. The Bertz CT molecular complexity index is 448. The zero-order valence-electron chi connectivity index (χ0n) is 8.84. The Kier molecular flexibility index (Phi) is 5.72. The molecule has 0 saturated heterocycles. The van der Waals surface area contributed by atoms with Gasteiger partial charge in [0.2, 0.25) is 0 Å². The third-order valence-corrected chi connectivity index (χ3v) is 2.60. The van der Waals surface area contributed by atoms with Crippen molar-refractivity contribution in [2.45, 2.75) is 6.92 Å². The standard InChI is InChI=1S/C12H11NOS2/c1-10(14)16-7-3-5-11-4-2-6-12(8-11)13-9-15/h2-6,8H,7H2,1H3. The van der Waals surface area contributed by atoms with Crippen molar-refractivity contribution >= 4 is 46.0 Å². The number of hydrogen-bond donors (Lipinski definition) is 0. The highest BCUT2D eigenvalue weighted by Crippen LogP contribution is 2.14. The minimum Gasteiger partial charge on any atom is -0.288 e. The summed E-state index contributed by atoms with van der Waals surface area (Å²) < 4.78 is 0. The van der Waals surface area contributed by atoms with E-state index in [1.54, 1.807) is 6.92 Å². The summed E-state index contributed by atoms with van der Waals surface area (Å²) in [7, 11) is 0. The molecule has 1 aromatic carbocycles. The minimum absolute atomic E-state index is 0.128. The maximum Gasteiger partial charge on any atom is 0.186 e. The van der Waals surface area contributed by atoms with E-state index in [2.05, 4.69) is 22.4 Å². The van der Waals surface area contributed by atoms with E-state index in [1.807, 2.05) is 36.4 Å². The van der Waals surface area contributed by atoms with Crippen molar-refractivity contribution < 1.29 is 4.79 Å². The van der Waals surface area contributed by atoms with Crippen LogP contribution in [0.2, 0.25) is 0 Å². The number of thioether (sulfide) groups is 1. The summed E-state index contributed by atoms with van der Waals surface area (Å²) in [4.78, 5) is 14.6. The van der Waals surface area contributed by atoms with Crippen molar-refractivity contribution in [1.82, 2.24) is 0 Å². The van der Waals surface area contributed by atoms with E-state index in [0.717, 1.165) is 11.3 Å². The first-order chi connectivity index (χ1) is 7.72. The molecule has 16 heavy (non-hydrogen) atoms. The Balaban J connectivity index is 2.62. The highest BCUT2D eigenvalue weighted by molar-refractivity contribution is 8.13. The van der Waals surface area contributed by atoms with Gasteiger partial charge in [0.15, 0.2) is 5.12 Å². The molecule has 0 aromatic heterocycles. The van der Waals surface area contributed by atoms with Crippen LogP contribution in [0.5, 0.6) is 0 Å². The third kappa shape index (κ3) is 5.03. The van der Waals surface area contributed by atoms with Gasteiger partial charge in [-0.05, 0) is 29.9 Å². The fraction of sp³-hybridized carbons (Fsp3) is 0.167.